The summed E-state index contributed by atoms with van der Waals surface area (Å²) in [5.41, 5.74) is 0. The number of cyclic esters (lactones) is 2. The molecule has 0 aromatic rings. The van der Waals surface area contributed by atoms with E-state index in [1.165, 1.54) is 0 Å². The number of hydrogen-bond acceptors (Lipinski definition) is 6. The van der Waals surface area contributed by atoms with Crippen LogP contribution in [-0.2, 0) is 23.8 Å². The maximum Gasteiger partial charge on any atom is 0.508 e. The lowest BCUT2D eigenvalue weighted by atomic mass is 10.2. The SMILES string of the molecule is O=C1OCC(CS(=O)(=O)OC2CCCCCC2)O1. The van der Waals surface area contributed by atoms with Crippen molar-refractivity contribution in [3.63, 3.8) is 0 Å². The van der Waals surface area contributed by atoms with Crippen LogP contribution in [0.5, 0.6) is 0 Å². The van der Waals surface area contributed by atoms with Crippen LogP contribution >= 0.6 is 0 Å². The molecule has 0 aromatic carbocycles. The zero-order valence-corrected chi connectivity index (χ0v) is 11.0. The van der Waals surface area contributed by atoms with Crippen molar-refractivity contribution in [1.29, 1.82) is 0 Å². The van der Waals surface area contributed by atoms with Gasteiger partial charge < -0.3 is 9.47 Å². The first-order valence-electron chi connectivity index (χ1n) is 6.29. The molecule has 6 nitrogen and oxygen atoms in total. The molecular weight excluding hydrogens is 260 g/mol. The van der Waals surface area contributed by atoms with Crippen molar-refractivity contribution < 1.29 is 26.9 Å². The number of rotatable bonds is 4. The van der Waals surface area contributed by atoms with Crippen LogP contribution in [0.1, 0.15) is 38.5 Å². The zero-order chi connectivity index (χ0) is 13.0. The highest BCUT2D eigenvalue weighted by Gasteiger charge is 2.32. The summed E-state index contributed by atoms with van der Waals surface area (Å²) in [6.07, 6.45) is 4.04. The van der Waals surface area contributed by atoms with E-state index < -0.39 is 22.4 Å². The smallest absolute Gasteiger partial charge is 0.430 e. The molecule has 0 bridgehead atoms. The van der Waals surface area contributed by atoms with Gasteiger partial charge in [-0.15, -0.1) is 0 Å². The Balaban J connectivity index is 1.84. The highest BCUT2D eigenvalue weighted by atomic mass is 32.2. The van der Waals surface area contributed by atoms with E-state index in [2.05, 4.69) is 4.74 Å². The molecule has 1 heterocycles. The molecule has 2 aliphatic rings. The molecule has 0 amide bonds. The molecule has 1 unspecified atom stereocenters. The predicted molar refractivity (Wildman–Crippen MR) is 62.6 cm³/mol. The summed E-state index contributed by atoms with van der Waals surface area (Å²) in [6.45, 7) is -0.0217. The monoisotopic (exact) mass is 278 g/mol. The fourth-order valence-corrected chi connectivity index (χ4v) is 3.56. The van der Waals surface area contributed by atoms with Crippen LogP contribution in [-0.4, -0.2) is 39.1 Å². The summed E-state index contributed by atoms with van der Waals surface area (Å²) in [6, 6.07) is 0. The minimum Gasteiger partial charge on any atom is -0.430 e. The minimum absolute atomic E-state index is 0.0217. The van der Waals surface area contributed by atoms with Gasteiger partial charge in [0.1, 0.15) is 12.4 Å². The van der Waals surface area contributed by atoms with Gasteiger partial charge in [-0.25, -0.2) is 4.79 Å². The number of hydrogen-bond donors (Lipinski definition) is 0. The summed E-state index contributed by atoms with van der Waals surface area (Å²) in [5.74, 6) is -0.324. The van der Waals surface area contributed by atoms with Crippen LogP contribution in [0.15, 0.2) is 0 Å². The Kier molecular flexibility index (Phi) is 4.45. The maximum absolute atomic E-state index is 11.8. The fraction of sp³-hybridized carbons (Fsp3) is 0.909. The number of carbonyl (C=O) groups excluding carboxylic acids is 1. The second-order valence-corrected chi connectivity index (χ2v) is 6.38. The van der Waals surface area contributed by atoms with Crippen LogP contribution in [0.25, 0.3) is 0 Å². The highest BCUT2D eigenvalue weighted by Crippen LogP contribution is 2.22. The average Bonchev–Trinajstić information content (AvgIpc) is 2.52. The Hall–Kier alpha value is -0.820. The summed E-state index contributed by atoms with van der Waals surface area (Å²) < 4.78 is 38.0. The molecular formula is C11H18O6S. The molecule has 0 N–H and O–H groups in total. The van der Waals surface area contributed by atoms with Crippen LogP contribution in [0.2, 0.25) is 0 Å². The van der Waals surface area contributed by atoms with Gasteiger partial charge in [-0.05, 0) is 12.8 Å². The summed E-state index contributed by atoms with van der Waals surface area (Å²) >= 11 is 0. The van der Waals surface area contributed by atoms with E-state index in [1.807, 2.05) is 0 Å². The summed E-state index contributed by atoms with van der Waals surface area (Å²) in [4.78, 5) is 10.7. The van der Waals surface area contributed by atoms with Gasteiger partial charge in [-0.3, -0.25) is 4.18 Å². The van der Waals surface area contributed by atoms with Crippen molar-refractivity contribution in [3.8, 4) is 0 Å². The molecule has 1 aliphatic heterocycles. The molecule has 1 saturated carbocycles. The van der Waals surface area contributed by atoms with Crippen molar-refractivity contribution in [1.82, 2.24) is 0 Å². The molecule has 104 valence electrons. The largest absolute Gasteiger partial charge is 0.508 e. The van der Waals surface area contributed by atoms with Crippen LogP contribution < -0.4 is 0 Å². The van der Waals surface area contributed by atoms with Gasteiger partial charge in [-0.2, -0.15) is 8.42 Å². The fourth-order valence-electron chi connectivity index (χ4n) is 2.26. The molecule has 0 spiro atoms. The minimum atomic E-state index is -3.66. The van der Waals surface area contributed by atoms with Crippen LogP contribution in [0, 0.1) is 0 Å². The van der Waals surface area contributed by atoms with Gasteiger partial charge in [0.05, 0.1) is 6.10 Å². The summed E-state index contributed by atoms with van der Waals surface area (Å²) in [5, 5.41) is 0. The van der Waals surface area contributed by atoms with Crippen molar-refractivity contribution in [2.24, 2.45) is 0 Å². The van der Waals surface area contributed by atoms with E-state index in [9.17, 15) is 13.2 Å². The molecule has 2 fully saturated rings. The van der Waals surface area contributed by atoms with Gasteiger partial charge in [0, 0.05) is 0 Å². The van der Waals surface area contributed by atoms with E-state index in [0.717, 1.165) is 38.5 Å². The molecule has 7 heteroatoms. The van der Waals surface area contributed by atoms with Crippen LogP contribution in [0.3, 0.4) is 0 Å². The Morgan fingerprint density at radius 2 is 1.83 bits per heavy atom. The van der Waals surface area contributed by atoms with E-state index in [4.69, 9.17) is 8.92 Å². The third-order valence-corrected chi connectivity index (χ3v) is 4.47. The zero-order valence-electron chi connectivity index (χ0n) is 10.2. The predicted octanol–water partition coefficient (Wildman–Crippen LogP) is 1.59. The second kappa shape index (κ2) is 5.88. The normalized spacial score (nSPS) is 26.4. The first-order valence-corrected chi connectivity index (χ1v) is 7.87. The lowest BCUT2D eigenvalue weighted by Crippen LogP contribution is -2.28. The Morgan fingerprint density at radius 3 is 2.39 bits per heavy atom. The molecule has 0 aromatic heterocycles. The molecule has 1 aliphatic carbocycles. The van der Waals surface area contributed by atoms with Gasteiger partial charge in [0.25, 0.3) is 10.1 Å². The molecule has 0 radical (unpaired) electrons. The molecule has 2 rings (SSSR count). The Labute approximate surface area is 107 Å². The average molecular weight is 278 g/mol. The Morgan fingerprint density at radius 1 is 1.17 bits per heavy atom. The van der Waals surface area contributed by atoms with E-state index in [1.54, 1.807) is 0 Å². The van der Waals surface area contributed by atoms with E-state index in [-0.39, 0.29) is 18.5 Å². The lowest BCUT2D eigenvalue weighted by molar-refractivity contribution is 0.121. The maximum atomic E-state index is 11.8. The summed E-state index contributed by atoms with van der Waals surface area (Å²) in [7, 11) is -3.66. The topological polar surface area (TPSA) is 78.9 Å². The second-order valence-electron chi connectivity index (χ2n) is 4.74. The molecule has 18 heavy (non-hydrogen) atoms. The number of carbonyl (C=O) groups is 1. The lowest BCUT2D eigenvalue weighted by Gasteiger charge is -2.15. The van der Waals surface area contributed by atoms with Crippen molar-refractivity contribution >= 4 is 16.3 Å². The van der Waals surface area contributed by atoms with Gasteiger partial charge >= 0.3 is 6.16 Å². The van der Waals surface area contributed by atoms with E-state index in [0.29, 0.717) is 0 Å². The molecule has 1 atom stereocenters. The number of ether oxygens (including phenoxy) is 2. The van der Waals surface area contributed by atoms with E-state index >= 15 is 0 Å². The highest BCUT2D eigenvalue weighted by molar-refractivity contribution is 7.86. The third kappa shape index (κ3) is 4.13. The van der Waals surface area contributed by atoms with Gasteiger partial charge in [-0.1, -0.05) is 25.7 Å². The Bertz CT molecular complexity index is 382. The first-order chi connectivity index (χ1) is 8.55. The van der Waals surface area contributed by atoms with Crippen molar-refractivity contribution in [2.45, 2.75) is 50.7 Å². The van der Waals surface area contributed by atoms with Crippen LogP contribution in [0.4, 0.5) is 4.79 Å². The van der Waals surface area contributed by atoms with Gasteiger partial charge in [0.15, 0.2) is 6.10 Å². The quantitative estimate of drug-likeness (QED) is 0.441. The molecule has 1 saturated heterocycles. The first kappa shape index (κ1) is 13.6. The standard InChI is InChI=1S/C11H18O6S/c12-11-15-7-10(16-11)8-18(13,14)17-9-5-3-1-2-4-6-9/h9-10H,1-8H2. The van der Waals surface area contributed by atoms with Crippen molar-refractivity contribution in [2.75, 3.05) is 12.4 Å². The van der Waals surface area contributed by atoms with Gasteiger partial charge in [0.2, 0.25) is 0 Å². The third-order valence-electron chi connectivity index (χ3n) is 3.12. The van der Waals surface area contributed by atoms with Crippen molar-refractivity contribution in [3.05, 3.63) is 0 Å².